The van der Waals surface area contributed by atoms with Gasteiger partial charge in [-0.1, -0.05) is 18.2 Å². The molecule has 0 saturated heterocycles. The maximum absolute atomic E-state index is 13.8. The molecule has 0 spiro atoms. The zero-order valence-corrected chi connectivity index (χ0v) is 23.2. The molecule has 2 atom stereocenters. The van der Waals surface area contributed by atoms with Gasteiger partial charge in [0.25, 0.3) is 5.82 Å². The lowest BCUT2D eigenvalue weighted by Gasteiger charge is -2.37. The third-order valence-corrected chi connectivity index (χ3v) is 7.38. The summed E-state index contributed by atoms with van der Waals surface area (Å²) in [7, 11) is 3.22. The predicted molar refractivity (Wildman–Crippen MR) is 151 cm³/mol. The van der Waals surface area contributed by atoms with Gasteiger partial charge in [0.05, 0.1) is 31.9 Å². The van der Waals surface area contributed by atoms with Crippen molar-refractivity contribution in [1.82, 2.24) is 5.32 Å². The van der Waals surface area contributed by atoms with Crippen LogP contribution in [0.1, 0.15) is 42.4 Å². The number of Topliss-reactive ketones (excluding diaryl/α,β-unsaturated/α-hetero) is 1. The first-order valence-corrected chi connectivity index (χ1v) is 13.3. The van der Waals surface area contributed by atoms with Crippen LogP contribution in [0.3, 0.4) is 0 Å². The standard InChI is InChI=1S/C32H33N3O5/c1-19-11-14-28(33-17-19)35-32(37)29-20(2)34-25-9-6-10-26(36)31(25)30(29)21-12-13-27(39-4)22(15-21)18-40-24-8-5-7-23(16-24)38-3/h5,7-9,11-17,30-31,34H,6,10,18H2,1-4H3,(H,33,35,37)/p+1. The molecule has 2 heterocycles. The van der Waals surface area contributed by atoms with Crippen LogP contribution in [0.25, 0.3) is 0 Å². The highest BCUT2D eigenvalue weighted by atomic mass is 16.5. The molecule has 5 rings (SSSR count). The van der Waals surface area contributed by atoms with Gasteiger partial charge in [-0.05, 0) is 61.7 Å². The number of rotatable bonds is 8. The second-order valence-electron chi connectivity index (χ2n) is 10.1. The van der Waals surface area contributed by atoms with Crippen molar-refractivity contribution in [2.75, 3.05) is 19.5 Å². The minimum atomic E-state index is -0.485. The van der Waals surface area contributed by atoms with E-state index in [-0.39, 0.29) is 18.3 Å². The van der Waals surface area contributed by atoms with Gasteiger partial charge in [-0.15, -0.1) is 0 Å². The number of benzene rings is 2. The van der Waals surface area contributed by atoms with E-state index in [1.807, 2.05) is 74.6 Å². The average molecular weight is 541 g/mol. The van der Waals surface area contributed by atoms with Gasteiger partial charge in [-0.2, -0.15) is 0 Å². The molecule has 1 amide bonds. The second kappa shape index (κ2) is 11.7. The van der Waals surface area contributed by atoms with Crippen molar-refractivity contribution in [2.45, 2.75) is 39.2 Å². The molecule has 0 bridgehead atoms. The van der Waals surface area contributed by atoms with Crippen molar-refractivity contribution in [3.05, 3.63) is 101 Å². The molecule has 2 aliphatic rings. The highest BCUT2D eigenvalue weighted by molar-refractivity contribution is 6.06. The van der Waals surface area contributed by atoms with Crippen LogP contribution >= 0.6 is 0 Å². The number of anilines is 1. The summed E-state index contributed by atoms with van der Waals surface area (Å²) in [6.07, 6.45) is 5.02. The van der Waals surface area contributed by atoms with E-state index in [1.54, 1.807) is 14.2 Å². The van der Waals surface area contributed by atoms with E-state index < -0.39 is 11.8 Å². The maximum Gasteiger partial charge on any atom is 0.337 e. The van der Waals surface area contributed by atoms with Gasteiger partial charge in [-0.3, -0.25) is 4.79 Å². The lowest BCUT2D eigenvalue weighted by molar-refractivity contribution is -0.361. The monoisotopic (exact) mass is 540 g/mol. The molecule has 3 aromatic rings. The molecule has 206 valence electrons. The number of ketones is 1. The Morgan fingerprint density at radius 2 is 1.85 bits per heavy atom. The third kappa shape index (κ3) is 5.57. The van der Waals surface area contributed by atoms with Crippen molar-refractivity contribution in [1.29, 1.82) is 0 Å². The fourth-order valence-corrected chi connectivity index (χ4v) is 5.40. The number of fused-ring (bicyclic) bond motifs is 1. The molecule has 0 fully saturated rings. The van der Waals surface area contributed by atoms with Crippen LogP contribution in [0.4, 0.5) is 5.82 Å². The average Bonchev–Trinajstić information content (AvgIpc) is 2.96. The van der Waals surface area contributed by atoms with Crippen molar-refractivity contribution >= 4 is 17.5 Å². The Hall–Kier alpha value is -4.59. The van der Waals surface area contributed by atoms with Crippen molar-refractivity contribution in [3.63, 3.8) is 0 Å². The van der Waals surface area contributed by atoms with E-state index in [0.717, 1.165) is 28.1 Å². The molecule has 8 nitrogen and oxygen atoms in total. The number of aromatic amines is 1. The minimum Gasteiger partial charge on any atom is -0.497 e. The van der Waals surface area contributed by atoms with E-state index in [2.05, 4.69) is 21.7 Å². The Bertz CT molecular complexity index is 1490. The zero-order valence-electron chi connectivity index (χ0n) is 23.2. The molecule has 2 unspecified atom stereocenters. The molecule has 0 radical (unpaired) electrons. The smallest absolute Gasteiger partial charge is 0.337 e. The van der Waals surface area contributed by atoms with Crippen LogP contribution in [0.5, 0.6) is 17.2 Å². The first kappa shape index (κ1) is 27.0. The maximum atomic E-state index is 13.8. The number of allylic oxidation sites excluding steroid dienone is 3. The fourth-order valence-electron chi connectivity index (χ4n) is 5.40. The first-order chi connectivity index (χ1) is 19.4. The summed E-state index contributed by atoms with van der Waals surface area (Å²) in [6, 6.07) is 16.9. The zero-order chi connectivity index (χ0) is 28.2. The SMILES string of the molecule is COc1cccc(OCc2cc(C3C(C(=O)Nc4ccc(C)c[nH+]4)=C(C)NC4=CCCC(=O)C43)ccc2OC)c1. The van der Waals surface area contributed by atoms with Crippen molar-refractivity contribution < 1.29 is 28.8 Å². The Kier molecular flexibility index (Phi) is 7.86. The van der Waals surface area contributed by atoms with Gasteiger partial charge < -0.3 is 19.5 Å². The summed E-state index contributed by atoms with van der Waals surface area (Å²) in [6.45, 7) is 4.09. The highest BCUT2D eigenvalue weighted by Crippen LogP contribution is 2.44. The molecule has 3 N–H and O–H groups in total. The van der Waals surface area contributed by atoms with Crippen LogP contribution in [0, 0.1) is 12.8 Å². The number of H-pyrrole nitrogens is 1. The molecule has 0 saturated carbocycles. The van der Waals surface area contributed by atoms with Gasteiger partial charge >= 0.3 is 5.91 Å². The summed E-state index contributed by atoms with van der Waals surface area (Å²) in [5.41, 5.74) is 4.79. The molecular formula is C32H34N3O5+. The van der Waals surface area contributed by atoms with Gasteiger partial charge in [0.15, 0.2) is 0 Å². The number of aromatic nitrogens is 1. The number of aryl methyl sites for hydroxylation is 1. The number of hydrogen-bond acceptors (Lipinski definition) is 6. The summed E-state index contributed by atoms with van der Waals surface area (Å²) < 4.78 is 17.0. The van der Waals surface area contributed by atoms with Gasteiger partial charge in [0, 0.05) is 41.4 Å². The topological polar surface area (TPSA) is 100 Å². The largest absolute Gasteiger partial charge is 0.497 e. The second-order valence-corrected chi connectivity index (χ2v) is 10.1. The highest BCUT2D eigenvalue weighted by Gasteiger charge is 2.44. The lowest BCUT2D eigenvalue weighted by atomic mass is 9.70. The van der Waals surface area contributed by atoms with E-state index >= 15 is 0 Å². The van der Waals surface area contributed by atoms with Crippen LogP contribution in [0.15, 0.2) is 83.8 Å². The quantitative estimate of drug-likeness (QED) is 0.423. The predicted octanol–water partition coefficient (Wildman–Crippen LogP) is 4.87. The molecule has 1 aromatic heterocycles. The number of pyridine rings is 1. The van der Waals surface area contributed by atoms with Crippen molar-refractivity contribution in [3.8, 4) is 17.2 Å². The molecule has 1 aliphatic carbocycles. The number of methoxy groups -OCH3 is 2. The summed E-state index contributed by atoms with van der Waals surface area (Å²) in [5.74, 6) is 1.47. The van der Waals surface area contributed by atoms with Crippen LogP contribution < -0.4 is 29.8 Å². The third-order valence-electron chi connectivity index (χ3n) is 7.38. The van der Waals surface area contributed by atoms with Crippen LogP contribution in [-0.2, 0) is 16.2 Å². The number of carbonyl (C=O) groups excluding carboxylic acids is 2. The van der Waals surface area contributed by atoms with E-state index in [9.17, 15) is 9.59 Å². The molecular weight excluding hydrogens is 506 g/mol. The van der Waals surface area contributed by atoms with Gasteiger partial charge in [0.2, 0.25) is 0 Å². The van der Waals surface area contributed by atoms with Gasteiger partial charge in [-0.25, -0.2) is 15.1 Å². The summed E-state index contributed by atoms with van der Waals surface area (Å²) in [4.78, 5) is 30.3. The van der Waals surface area contributed by atoms with E-state index in [4.69, 9.17) is 14.2 Å². The minimum absolute atomic E-state index is 0.111. The summed E-state index contributed by atoms with van der Waals surface area (Å²) in [5, 5.41) is 6.35. The van der Waals surface area contributed by atoms with Gasteiger partial charge in [0.1, 0.15) is 29.6 Å². The summed E-state index contributed by atoms with van der Waals surface area (Å²) >= 11 is 0. The lowest BCUT2D eigenvalue weighted by Crippen LogP contribution is -2.41. The Balaban J connectivity index is 1.53. The molecule has 40 heavy (non-hydrogen) atoms. The normalized spacial score (nSPS) is 18.3. The number of nitrogens with one attached hydrogen (secondary N) is 3. The Labute approximate surface area is 234 Å². The van der Waals surface area contributed by atoms with Crippen molar-refractivity contribution in [2.24, 2.45) is 5.92 Å². The fraction of sp³-hybridized carbons (Fsp3) is 0.281. The number of ether oxygens (including phenoxy) is 3. The number of hydrogen-bond donors (Lipinski definition) is 2. The van der Waals surface area contributed by atoms with Crippen LogP contribution in [0.2, 0.25) is 0 Å². The molecule has 8 heteroatoms. The van der Waals surface area contributed by atoms with E-state index in [0.29, 0.717) is 41.5 Å². The number of amides is 1. The number of carbonyl (C=O) groups is 2. The Morgan fingerprint density at radius 3 is 2.60 bits per heavy atom. The Morgan fingerprint density at radius 1 is 1.02 bits per heavy atom. The first-order valence-electron chi connectivity index (χ1n) is 13.3. The molecule has 1 aliphatic heterocycles. The molecule has 2 aromatic carbocycles. The van der Waals surface area contributed by atoms with Crippen LogP contribution in [-0.4, -0.2) is 25.9 Å². The van der Waals surface area contributed by atoms with E-state index in [1.165, 1.54) is 0 Å².